The summed E-state index contributed by atoms with van der Waals surface area (Å²) in [4.78, 5) is 20.9. The van der Waals surface area contributed by atoms with Gasteiger partial charge in [-0.25, -0.2) is 9.97 Å². The van der Waals surface area contributed by atoms with E-state index in [1.54, 1.807) is 6.20 Å². The maximum absolute atomic E-state index is 10.9. The van der Waals surface area contributed by atoms with Crippen LogP contribution in [0, 0.1) is 5.92 Å². The topological polar surface area (TPSA) is 66.3 Å². The molecular formula is C10H12ClN3O2. The highest BCUT2D eigenvalue weighted by Gasteiger charge is 2.27. The number of piperidine rings is 1. The van der Waals surface area contributed by atoms with Gasteiger partial charge in [-0.1, -0.05) is 11.6 Å². The van der Waals surface area contributed by atoms with Crippen LogP contribution in [0.4, 0.5) is 5.82 Å². The number of carboxylic acid groups (broad SMARTS) is 1. The first kappa shape index (κ1) is 11.1. The van der Waals surface area contributed by atoms with Crippen LogP contribution in [0.15, 0.2) is 12.4 Å². The molecule has 0 amide bonds. The molecule has 0 aromatic carbocycles. The number of aromatic nitrogens is 2. The zero-order valence-electron chi connectivity index (χ0n) is 8.64. The van der Waals surface area contributed by atoms with Crippen molar-refractivity contribution in [2.45, 2.75) is 12.8 Å². The molecule has 0 aliphatic carbocycles. The number of anilines is 1. The van der Waals surface area contributed by atoms with Gasteiger partial charge in [0, 0.05) is 25.5 Å². The Balaban J connectivity index is 2.16. The molecule has 2 heterocycles. The van der Waals surface area contributed by atoms with Gasteiger partial charge in [-0.3, -0.25) is 4.79 Å². The van der Waals surface area contributed by atoms with Gasteiger partial charge in [0.25, 0.3) is 0 Å². The highest BCUT2D eigenvalue weighted by molar-refractivity contribution is 6.31. The molecule has 0 radical (unpaired) electrons. The molecule has 0 bridgehead atoms. The number of carbonyl (C=O) groups is 1. The first-order valence-corrected chi connectivity index (χ1v) is 5.50. The first-order valence-electron chi connectivity index (χ1n) is 5.12. The second-order valence-electron chi connectivity index (χ2n) is 3.79. The molecule has 16 heavy (non-hydrogen) atoms. The third kappa shape index (κ3) is 2.24. The van der Waals surface area contributed by atoms with Gasteiger partial charge in [-0.05, 0) is 12.8 Å². The summed E-state index contributed by atoms with van der Waals surface area (Å²) in [5.41, 5.74) is 0. The van der Waals surface area contributed by atoms with Crippen molar-refractivity contribution < 1.29 is 9.90 Å². The van der Waals surface area contributed by atoms with Crippen LogP contribution in [0.3, 0.4) is 0 Å². The van der Waals surface area contributed by atoms with Crippen molar-refractivity contribution >= 4 is 23.4 Å². The summed E-state index contributed by atoms with van der Waals surface area (Å²) in [7, 11) is 0. The quantitative estimate of drug-likeness (QED) is 0.849. The lowest BCUT2D eigenvalue weighted by Gasteiger charge is -2.31. The third-order valence-electron chi connectivity index (χ3n) is 2.71. The second kappa shape index (κ2) is 4.65. The lowest BCUT2D eigenvalue weighted by Crippen LogP contribution is -2.39. The van der Waals surface area contributed by atoms with Crippen molar-refractivity contribution in [3.05, 3.63) is 17.5 Å². The number of nitrogens with zero attached hydrogens (tertiary/aromatic N) is 3. The van der Waals surface area contributed by atoms with Crippen LogP contribution in [-0.2, 0) is 4.79 Å². The van der Waals surface area contributed by atoms with E-state index in [9.17, 15) is 4.79 Å². The largest absolute Gasteiger partial charge is 0.481 e. The van der Waals surface area contributed by atoms with Crippen LogP contribution in [0.5, 0.6) is 0 Å². The van der Waals surface area contributed by atoms with Gasteiger partial charge < -0.3 is 10.0 Å². The zero-order valence-corrected chi connectivity index (χ0v) is 9.39. The van der Waals surface area contributed by atoms with E-state index in [0.29, 0.717) is 23.9 Å². The lowest BCUT2D eigenvalue weighted by molar-refractivity contribution is -0.141. The zero-order chi connectivity index (χ0) is 11.5. The van der Waals surface area contributed by atoms with Crippen LogP contribution < -0.4 is 4.90 Å². The Morgan fingerprint density at radius 3 is 2.94 bits per heavy atom. The Kier molecular flexibility index (Phi) is 3.24. The second-order valence-corrected chi connectivity index (χ2v) is 4.15. The van der Waals surface area contributed by atoms with E-state index in [1.165, 1.54) is 6.20 Å². The number of carboxylic acids is 1. The molecule has 1 aliphatic heterocycles. The maximum Gasteiger partial charge on any atom is 0.308 e. The summed E-state index contributed by atoms with van der Waals surface area (Å²) < 4.78 is 0. The summed E-state index contributed by atoms with van der Waals surface area (Å²) in [6, 6.07) is 0. The third-order valence-corrected chi connectivity index (χ3v) is 2.97. The molecule has 86 valence electrons. The molecule has 1 aromatic heterocycles. The molecule has 1 aromatic rings. The summed E-state index contributed by atoms with van der Waals surface area (Å²) in [6.45, 7) is 1.23. The summed E-state index contributed by atoms with van der Waals surface area (Å²) in [5.74, 6) is -0.522. The highest BCUT2D eigenvalue weighted by Crippen LogP contribution is 2.25. The molecule has 1 fully saturated rings. The Morgan fingerprint density at radius 2 is 2.25 bits per heavy atom. The van der Waals surface area contributed by atoms with Crippen molar-refractivity contribution in [3.63, 3.8) is 0 Å². The standard InChI is InChI=1S/C10H12ClN3O2/c11-8-9(13-4-3-12-8)14-5-1-2-7(6-14)10(15)16/h3-4,7H,1-2,5-6H2,(H,15,16)/t7-/m0/s1. The molecule has 0 unspecified atom stereocenters. The molecule has 2 rings (SSSR count). The SMILES string of the molecule is O=C(O)[C@H]1CCCN(c2nccnc2Cl)C1. The molecule has 6 heteroatoms. The molecule has 1 saturated heterocycles. The maximum atomic E-state index is 10.9. The number of hydrogen-bond acceptors (Lipinski definition) is 4. The predicted octanol–water partition coefficient (Wildman–Crippen LogP) is 1.43. The van der Waals surface area contributed by atoms with E-state index >= 15 is 0 Å². The van der Waals surface area contributed by atoms with Crippen LogP contribution in [-0.4, -0.2) is 34.1 Å². The molecule has 5 nitrogen and oxygen atoms in total. The van der Waals surface area contributed by atoms with E-state index in [1.807, 2.05) is 4.90 Å². The smallest absolute Gasteiger partial charge is 0.308 e. The Hall–Kier alpha value is -1.36. The van der Waals surface area contributed by atoms with Gasteiger partial charge in [-0.15, -0.1) is 0 Å². The van der Waals surface area contributed by atoms with E-state index in [-0.39, 0.29) is 5.92 Å². The first-order chi connectivity index (χ1) is 7.68. The molecule has 1 atom stereocenters. The van der Waals surface area contributed by atoms with E-state index in [2.05, 4.69) is 9.97 Å². The number of halogens is 1. The van der Waals surface area contributed by atoms with Gasteiger partial charge in [0.2, 0.25) is 0 Å². The fraction of sp³-hybridized carbons (Fsp3) is 0.500. The minimum atomic E-state index is -0.760. The van der Waals surface area contributed by atoms with E-state index < -0.39 is 5.97 Å². The fourth-order valence-electron chi connectivity index (χ4n) is 1.90. The van der Waals surface area contributed by atoms with Crippen LogP contribution in [0.1, 0.15) is 12.8 Å². The summed E-state index contributed by atoms with van der Waals surface area (Å²) in [5, 5.41) is 9.30. The summed E-state index contributed by atoms with van der Waals surface area (Å²) in [6.07, 6.45) is 4.63. The number of aliphatic carboxylic acids is 1. The molecule has 1 aliphatic rings. The number of rotatable bonds is 2. The molecule has 0 spiro atoms. The van der Waals surface area contributed by atoms with Crippen molar-refractivity contribution in [1.82, 2.24) is 9.97 Å². The van der Waals surface area contributed by atoms with Gasteiger partial charge in [-0.2, -0.15) is 0 Å². The van der Waals surface area contributed by atoms with Crippen LogP contribution in [0.25, 0.3) is 0 Å². The van der Waals surface area contributed by atoms with E-state index in [4.69, 9.17) is 16.7 Å². The predicted molar refractivity (Wildman–Crippen MR) is 59.6 cm³/mol. The fourth-order valence-corrected chi connectivity index (χ4v) is 2.12. The van der Waals surface area contributed by atoms with E-state index in [0.717, 1.165) is 13.0 Å². The summed E-state index contributed by atoms with van der Waals surface area (Å²) >= 11 is 5.92. The van der Waals surface area contributed by atoms with Crippen LogP contribution in [0.2, 0.25) is 5.15 Å². The van der Waals surface area contributed by atoms with Gasteiger partial charge in [0.05, 0.1) is 5.92 Å². The Morgan fingerprint density at radius 1 is 1.50 bits per heavy atom. The average Bonchev–Trinajstić information content (AvgIpc) is 2.30. The van der Waals surface area contributed by atoms with Crippen molar-refractivity contribution in [2.75, 3.05) is 18.0 Å². The minimum Gasteiger partial charge on any atom is -0.481 e. The lowest BCUT2D eigenvalue weighted by atomic mass is 9.98. The van der Waals surface area contributed by atoms with Crippen LogP contribution >= 0.6 is 11.6 Å². The number of hydrogen-bond donors (Lipinski definition) is 1. The monoisotopic (exact) mass is 241 g/mol. The Bertz CT molecular complexity index is 399. The molecular weight excluding hydrogens is 230 g/mol. The van der Waals surface area contributed by atoms with Gasteiger partial charge >= 0.3 is 5.97 Å². The average molecular weight is 242 g/mol. The highest BCUT2D eigenvalue weighted by atomic mass is 35.5. The minimum absolute atomic E-state index is 0.327. The molecule has 1 N–H and O–H groups in total. The normalized spacial score (nSPS) is 20.8. The molecule has 0 saturated carbocycles. The van der Waals surface area contributed by atoms with Crippen molar-refractivity contribution in [1.29, 1.82) is 0 Å². The van der Waals surface area contributed by atoms with Gasteiger partial charge in [0.1, 0.15) is 0 Å². The van der Waals surface area contributed by atoms with Crippen molar-refractivity contribution in [2.24, 2.45) is 5.92 Å². The Labute approximate surface area is 98.1 Å². The van der Waals surface area contributed by atoms with Crippen molar-refractivity contribution in [3.8, 4) is 0 Å². The van der Waals surface area contributed by atoms with Gasteiger partial charge in [0.15, 0.2) is 11.0 Å².